The molecule has 0 spiro atoms. The molecule has 1 fully saturated rings. The Morgan fingerprint density at radius 3 is 2.73 bits per heavy atom. The zero-order valence-corrected chi connectivity index (χ0v) is 10.4. The zero-order valence-electron chi connectivity index (χ0n) is 9.63. The van der Waals surface area contributed by atoms with Crippen LogP contribution in [0.15, 0.2) is 0 Å². The molecular formula is C11H23NO2S. The van der Waals surface area contributed by atoms with Gasteiger partial charge in [-0.15, -0.1) is 0 Å². The molecule has 0 unspecified atom stereocenters. The number of hydrogen-bond donors (Lipinski definition) is 2. The average molecular weight is 233 g/mol. The van der Waals surface area contributed by atoms with Crippen molar-refractivity contribution in [1.82, 2.24) is 5.32 Å². The highest BCUT2D eigenvalue weighted by molar-refractivity contribution is 7.98. The van der Waals surface area contributed by atoms with Crippen molar-refractivity contribution in [1.29, 1.82) is 0 Å². The highest BCUT2D eigenvalue weighted by Crippen LogP contribution is 2.19. The van der Waals surface area contributed by atoms with Crippen LogP contribution in [0.3, 0.4) is 0 Å². The maximum atomic E-state index is 10.1. The first kappa shape index (κ1) is 13.3. The predicted octanol–water partition coefficient (Wildman–Crippen LogP) is 1.26. The molecule has 0 amide bonds. The summed E-state index contributed by atoms with van der Waals surface area (Å²) in [6.07, 6.45) is 6.14. The van der Waals surface area contributed by atoms with Crippen molar-refractivity contribution in [3.05, 3.63) is 0 Å². The minimum Gasteiger partial charge on any atom is -0.388 e. The first-order chi connectivity index (χ1) is 7.27. The molecule has 4 heteroatoms. The van der Waals surface area contributed by atoms with Crippen LogP contribution >= 0.6 is 11.8 Å². The van der Waals surface area contributed by atoms with Gasteiger partial charge in [-0.1, -0.05) is 0 Å². The molecule has 1 heterocycles. The molecule has 1 aliphatic heterocycles. The largest absolute Gasteiger partial charge is 0.388 e. The lowest BCUT2D eigenvalue weighted by Gasteiger charge is -2.32. The molecular weight excluding hydrogens is 210 g/mol. The van der Waals surface area contributed by atoms with Crippen LogP contribution in [0.5, 0.6) is 0 Å². The Morgan fingerprint density at radius 2 is 2.07 bits per heavy atom. The van der Waals surface area contributed by atoms with Gasteiger partial charge in [0.1, 0.15) is 0 Å². The Labute approximate surface area is 97.0 Å². The Morgan fingerprint density at radius 1 is 1.33 bits per heavy atom. The third kappa shape index (κ3) is 5.76. The van der Waals surface area contributed by atoms with E-state index in [1.165, 1.54) is 18.6 Å². The molecule has 90 valence electrons. The number of hydrogen-bond acceptors (Lipinski definition) is 4. The summed E-state index contributed by atoms with van der Waals surface area (Å²) in [5.41, 5.74) is -0.516. The predicted molar refractivity (Wildman–Crippen MR) is 65.5 cm³/mol. The van der Waals surface area contributed by atoms with Crippen molar-refractivity contribution in [2.24, 2.45) is 0 Å². The van der Waals surface area contributed by atoms with Crippen LogP contribution in [0.2, 0.25) is 0 Å². The number of thioether (sulfide) groups is 1. The second-order valence-corrected chi connectivity index (χ2v) is 5.20. The SMILES string of the molecule is CSCCCCNCC1(O)CCOCC1. The van der Waals surface area contributed by atoms with Crippen molar-refractivity contribution < 1.29 is 9.84 Å². The third-order valence-electron chi connectivity index (χ3n) is 2.83. The van der Waals surface area contributed by atoms with E-state index in [1.54, 1.807) is 0 Å². The molecule has 0 aliphatic carbocycles. The van der Waals surface area contributed by atoms with E-state index in [0.29, 0.717) is 13.2 Å². The van der Waals surface area contributed by atoms with Gasteiger partial charge in [-0.25, -0.2) is 0 Å². The molecule has 1 saturated heterocycles. The van der Waals surface area contributed by atoms with Crippen molar-refractivity contribution in [2.45, 2.75) is 31.3 Å². The molecule has 0 atom stereocenters. The van der Waals surface area contributed by atoms with E-state index in [-0.39, 0.29) is 0 Å². The van der Waals surface area contributed by atoms with Crippen molar-refractivity contribution >= 4 is 11.8 Å². The van der Waals surface area contributed by atoms with E-state index < -0.39 is 5.60 Å². The molecule has 2 N–H and O–H groups in total. The topological polar surface area (TPSA) is 41.5 Å². The molecule has 0 aromatic heterocycles. The van der Waals surface area contributed by atoms with E-state index in [0.717, 1.165) is 25.9 Å². The minimum atomic E-state index is -0.516. The molecule has 0 radical (unpaired) electrons. The molecule has 0 aromatic rings. The maximum Gasteiger partial charge on any atom is 0.0815 e. The van der Waals surface area contributed by atoms with E-state index in [2.05, 4.69) is 11.6 Å². The van der Waals surface area contributed by atoms with Gasteiger partial charge in [0.05, 0.1) is 5.60 Å². The Bertz CT molecular complexity index is 161. The van der Waals surface area contributed by atoms with Crippen LogP contribution in [-0.4, -0.2) is 49.0 Å². The summed E-state index contributed by atoms with van der Waals surface area (Å²) < 4.78 is 5.23. The highest BCUT2D eigenvalue weighted by Gasteiger charge is 2.28. The van der Waals surface area contributed by atoms with Gasteiger partial charge in [-0.05, 0) is 31.4 Å². The summed E-state index contributed by atoms with van der Waals surface area (Å²) >= 11 is 1.89. The molecule has 0 bridgehead atoms. The summed E-state index contributed by atoms with van der Waals surface area (Å²) in [7, 11) is 0. The van der Waals surface area contributed by atoms with Crippen molar-refractivity contribution in [3.63, 3.8) is 0 Å². The lowest BCUT2D eigenvalue weighted by molar-refractivity contribution is -0.0614. The van der Waals surface area contributed by atoms with Crippen molar-refractivity contribution in [3.8, 4) is 0 Å². The molecule has 0 saturated carbocycles. The summed E-state index contributed by atoms with van der Waals surface area (Å²) in [5, 5.41) is 13.5. The number of unbranched alkanes of at least 4 members (excludes halogenated alkanes) is 1. The Balaban J connectivity index is 1.98. The zero-order chi connectivity index (χ0) is 11.0. The summed E-state index contributed by atoms with van der Waals surface area (Å²) in [5.74, 6) is 1.24. The van der Waals surface area contributed by atoms with Crippen LogP contribution in [-0.2, 0) is 4.74 Å². The van der Waals surface area contributed by atoms with Gasteiger partial charge in [-0.3, -0.25) is 0 Å². The van der Waals surface area contributed by atoms with Crippen LogP contribution in [0.1, 0.15) is 25.7 Å². The molecule has 0 aromatic carbocycles. The standard InChI is InChI=1S/C11H23NO2S/c1-15-9-3-2-6-12-10-11(13)4-7-14-8-5-11/h12-13H,2-10H2,1H3. The van der Waals surface area contributed by atoms with E-state index >= 15 is 0 Å². The lowest BCUT2D eigenvalue weighted by atomic mass is 9.94. The van der Waals surface area contributed by atoms with E-state index in [9.17, 15) is 5.11 Å². The Hall–Kier alpha value is 0.230. The van der Waals surface area contributed by atoms with Gasteiger partial charge in [0.15, 0.2) is 0 Å². The fourth-order valence-corrected chi connectivity index (χ4v) is 2.24. The van der Waals surface area contributed by atoms with Gasteiger partial charge >= 0.3 is 0 Å². The van der Waals surface area contributed by atoms with Gasteiger partial charge in [0, 0.05) is 32.6 Å². The first-order valence-corrected chi connectivity index (χ1v) is 7.16. The van der Waals surface area contributed by atoms with Crippen LogP contribution in [0.4, 0.5) is 0 Å². The lowest BCUT2D eigenvalue weighted by Crippen LogP contribution is -2.45. The smallest absolute Gasteiger partial charge is 0.0815 e. The number of aliphatic hydroxyl groups is 1. The van der Waals surface area contributed by atoms with Crippen LogP contribution < -0.4 is 5.32 Å². The first-order valence-electron chi connectivity index (χ1n) is 5.77. The van der Waals surface area contributed by atoms with Crippen molar-refractivity contribution in [2.75, 3.05) is 38.3 Å². The number of rotatable bonds is 7. The van der Waals surface area contributed by atoms with Gasteiger partial charge in [0.25, 0.3) is 0 Å². The van der Waals surface area contributed by atoms with Crippen LogP contribution in [0.25, 0.3) is 0 Å². The number of ether oxygens (including phenoxy) is 1. The third-order valence-corrected chi connectivity index (χ3v) is 3.53. The summed E-state index contributed by atoms with van der Waals surface area (Å²) in [4.78, 5) is 0. The average Bonchev–Trinajstić information content (AvgIpc) is 2.24. The van der Waals surface area contributed by atoms with Gasteiger partial charge < -0.3 is 15.2 Å². The fourth-order valence-electron chi connectivity index (χ4n) is 1.75. The maximum absolute atomic E-state index is 10.1. The highest BCUT2D eigenvalue weighted by atomic mass is 32.2. The summed E-state index contributed by atoms with van der Waals surface area (Å²) in [6, 6.07) is 0. The molecule has 15 heavy (non-hydrogen) atoms. The Kier molecular flexibility index (Phi) is 6.64. The minimum absolute atomic E-state index is 0.516. The molecule has 1 rings (SSSR count). The molecule has 1 aliphatic rings. The quantitative estimate of drug-likeness (QED) is 0.650. The normalized spacial score (nSPS) is 20.4. The summed E-state index contributed by atoms with van der Waals surface area (Å²) in [6.45, 7) is 3.13. The van der Waals surface area contributed by atoms with Gasteiger partial charge in [-0.2, -0.15) is 11.8 Å². The second kappa shape index (κ2) is 7.49. The van der Waals surface area contributed by atoms with E-state index in [4.69, 9.17) is 4.74 Å². The van der Waals surface area contributed by atoms with Gasteiger partial charge in [0.2, 0.25) is 0 Å². The molecule has 3 nitrogen and oxygen atoms in total. The second-order valence-electron chi connectivity index (χ2n) is 4.21. The van der Waals surface area contributed by atoms with Crippen LogP contribution in [0, 0.1) is 0 Å². The number of nitrogens with one attached hydrogen (secondary N) is 1. The fraction of sp³-hybridized carbons (Fsp3) is 1.00. The monoisotopic (exact) mass is 233 g/mol. The van der Waals surface area contributed by atoms with E-state index in [1.807, 2.05) is 11.8 Å².